The highest BCUT2D eigenvalue weighted by Crippen LogP contribution is 2.24. The van der Waals surface area contributed by atoms with Crippen molar-refractivity contribution in [2.24, 2.45) is 0 Å². The van der Waals surface area contributed by atoms with E-state index < -0.39 is 16.4 Å². The second-order valence-corrected chi connectivity index (χ2v) is 4.33. The molecule has 0 unspecified atom stereocenters. The number of hydrogen-bond donors (Lipinski definition) is 2. The lowest BCUT2D eigenvalue weighted by Gasteiger charge is -2.08. The molecule has 6 nitrogen and oxygen atoms in total. The van der Waals surface area contributed by atoms with E-state index in [4.69, 9.17) is 0 Å². The molecule has 2 N–H and O–H groups in total. The van der Waals surface area contributed by atoms with E-state index in [1.165, 1.54) is 6.07 Å². The van der Waals surface area contributed by atoms with Crippen molar-refractivity contribution in [1.82, 2.24) is 5.32 Å². The lowest BCUT2D eigenvalue weighted by atomic mass is 10.2. The van der Waals surface area contributed by atoms with Crippen molar-refractivity contribution in [2.45, 2.75) is 26.3 Å². The van der Waals surface area contributed by atoms with Crippen LogP contribution in [0.4, 0.5) is 15.8 Å². The van der Waals surface area contributed by atoms with Gasteiger partial charge in [-0.25, -0.2) is 4.39 Å². The monoisotopic (exact) mass is 269 g/mol. The lowest BCUT2D eigenvalue weighted by molar-refractivity contribution is -0.384. The number of halogens is 1. The van der Waals surface area contributed by atoms with Gasteiger partial charge in [0.15, 0.2) is 0 Å². The van der Waals surface area contributed by atoms with Crippen molar-refractivity contribution in [2.75, 3.05) is 11.9 Å². The maximum absolute atomic E-state index is 12.9. The normalized spacial score (nSPS) is 10.5. The SMILES string of the molecule is CC(C)NCCC(=O)Nc1ccc(F)cc1[N+](=O)[O-]. The summed E-state index contributed by atoms with van der Waals surface area (Å²) >= 11 is 0. The zero-order valence-corrected chi connectivity index (χ0v) is 10.8. The molecule has 0 heterocycles. The van der Waals surface area contributed by atoms with Crippen molar-refractivity contribution in [3.63, 3.8) is 0 Å². The number of nitrogens with one attached hydrogen (secondary N) is 2. The molecule has 1 rings (SSSR count). The van der Waals surface area contributed by atoms with Crippen LogP contribution in [0.5, 0.6) is 0 Å². The van der Waals surface area contributed by atoms with Crippen LogP contribution in [0.15, 0.2) is 18.2 Å². The van der Waals surface area contributed by atoms with Gasteiger partial charge in [-0.05, 0) is 12.1 Å². The van der Waals surface area contributed by atoms with E-state index in [-0.39, 0.29) is 24.1 Å². The van der Waals surface area contributed by atoms with Gasteiger partial charge in [0, 0.05) is 19.0 Å². The number of carbonyl (C=O) groups excluding carboxylic acids is 1. The van der Waals surface area contributed by atoms with Crippen molar-refractivity contribution in [1.29, 1.82) is 0 Å². The van der Waals surface area contributed by atoms with Gasteiger partial charge in [-0.15, -0.1) is 0 Å². The maximum atomic E-state index is 12.9. The summed E-state index contributed by atoms with van der Waals surface area (Å²) < 4.78 is 12.9. The Balaban J connectivity index is 2.66. The van der Waals surface area contributed by atoms with Crippen LogP contribution in [0.25, 0.3) is 0 Å². The van der Waals surface area contributed by atoms with Crippen LogP contribution in [-0.2, 0) is 4.79 Å². The van der Waals surface area contributed by atoms with E-state index in [1.54, 1.807) is 0 Å². The standard InChI is InChI=1S/C12H16FN3O3/c1-8(2)14-6-5-12(17)15-10-4-3-9(13)7-11(10)16(18)19/h3-4,7-8,14H,5-6H2,1-2H3,(H,15,17). The van der Waals surface area contributed by atoms with Crippen LogP contribution in [0.3, 0.4) is 0 Å². The highest BCUT2D eigenvalue weighted by molar-refractivity contribution is 5.93. The summed E-state index contributed by atoms with van der Waals surface area (Å²) in [4.78, 5) is 21.6. The number of nitro benzene ring substituents is 1. The zero-order chi connectivity index (χ0) is 14.4. The molecule has 0 saturated heterocycles. The summed E-state index contributed by atoms with van der Waals surface area (Å²) in [5.41, 5.74) is -0.453. The topological polar surface area (TPSA) is 84.3 Å². The summed E-state index contributed by atoms with van der Waals surface area (Å²) in [5.74, 6) is -1.07. The quantitative estimate of drug-likeness (QED) is 0.611. The first kappa shape index (κ1) is 15.0. The summed E-state index contributed by atoms with van der Waals surface area (Å²) in [6.45, 7) is 4.37. The summed E-state index contributed by atoms with van der Waals surface area (Å²) in [6, 6.07) is 3.28. The number of amides is 1. The van der Waals surface area contributed by atoms with Gasteiger partial charge < -0.3 is 10.6 Å². The number of anilines is 1. The minimum absolute atomic E-state index is 0.000877. The molecule has 0 aliphatic heterocycles. The summed E-state index contributed by atoms with van der Waals surface area (Å²) in [5, 5.41) is 16.2. The molecule has 0 atom stereocenters. The van der Waals surface area contributed by atoms with Gasteiger partial charge in [-0.1, -0.05) is 13.8 Å². The summed E-state index contributed by atoms with van der Waals surface area (Å²) in [7, 11) is 0. The van der Waals surface area contributed by atoms with Crippen LogP contribution < -0.4 is 10.6 Å². The Bertz CT molecular complexity index is 477. The predicted molar refractivity (Wildman–Crippen MR) is 69.4 cm³/mol. The average Bonchev–Trinajstić information content (AvgIpc) is 2.30. The van der Waals surface area contributed by atoms with Crippen LogP contribution in [0.2, 0.25) is 0 Å². The lowest BCUT2D eigenvalue weighted by Crippen LogP contribution is -2.27. The molecule has 0 fully saturated rings. The van der Waals surface area contributed by atoms with Crippen LogP contribution in [-0.4, -0.2) is 23.4 Å². The van der Waals surface area contributed by atoms with E-state index in [1.807, 2.05) is 13.8 Å². The number of hydrogen-bond acceptors (Lipinski definition) is 4. The number of carbonyl (C=O) groups is 1. The van der Waals surface area contributed by atoms with Crippen LogP contribution >= 0.6 is 0 Å². The van der Waals surface area contributed by atoms with Crippen LogP contribution in [0.1, 0.15) is 20.3 Å². The van der Waals surface area contributed by atoms with Crippen LogP contribution in [0, 0.1) is 15.9 Å². The fourth-order valence-corrected chi connectivity index (χ4v) is 1.45. The molecule has 1 aromatic carbocycles. The Morgan fingerprint density at radius 1 is 1.47 bits per heavy atom. The zero-order valence-electron chi connectivity index (χ0n) is 10.8. The van der Waals surface area contributed by atoms with E-state index in [9.17, 15) is 19.3 Å². The Morgan fingerprint density at radius 2 is 2.16 bits per heavy atom. The van der Waals surface area contributed by atoms with Gasteiger partial charge in [-0.2, -0.15) is 0 Å². The van der Waals surface area contributed by atoms with Gasteiger partial charge >= 0.3 is 0 Å². The minimum Gasteiger partial charge on any atom is -0.320 e. The highest BCUT2D eigenvalue weighted by atomic mass is 19.1. The molecular formula is C12H16FN3O3. The van der Waals surface area contributed by atoms with Gasteiger partial charge in [-0.3, -0.25) is 14.9 Å². The predicted octanol–water partition coefficient (Wildman–Crippen LogP) is 2.06. The van der Waals surface area contributed by atoms with Gasteiger partial charge in [0.2, 0.25) is 5.91 Å². The number of benzene rings is 1. The number of nitrogens with zero attached hydrogens (tertiary/aromatic N) is 1. The smallest absolute Gasteiger partial charge is 0.295 e. The molecule has 1 amide bonds. The Kier molecular flexibility index (Phi) is 5.37. The van der Waals surface area contributed by atoms with E-state index in [0.29, 0.717) is 6.54 Å². The first-order valence-electron chi connectivity index (χ1n) is 5.87. The molecule has 104 valence electrons. The third-order valence-corrected chi connectivity index (χ3v) is 2.34. The third-order valence-electron chi connectivity index (χ3n) is 2.34. The second kappa shape index (κ2) is 6.79. The summed E-state index contributed by atoms with van der Waals surface area (Å²) in [6.07, 6.45) is 0.187. The molecule has 19 heavy (non-hydrogen) atoms. The molecule has 0 aliphatic carbocycles. The first-order valence-corrected chi connectivity index (χ1v) is 5.87. The largest absolute Gasteiger partial charge is 0.320 e. The average molecular weight is 269 g/mol. The van der Waals surface area contributed by atoms with E-state index in [0.717, 1.165) is 12.1 Å². The maximum Gasteiger partial charge on any atom is 0.295 e. The number of rotatable bonds is 6. The fraction of sp³-hybridized carbons (Fsp3) is 0.417. The van der Waals surface area contributed by atoms with E-state index in [2.05, 4.69) is 10.6 Å². The highest BCUT2D eigenvalue weighted by Gasteiger charge is 2.16. The second-order valence-electron chi connectivity index (χ2n) is 4.33. The van der Waals surface area contributed by atoms with Crippen molar-refractivity contribution in [3.8, 4) is 0 Å². The van der Waals surface area contributed by atoms with Crippen molar-refractivity contribution >= 4 is 17.3 Å². The third kappa shape index (κ3) is 5.01. The fourth-order valence-electron chi connectivity index (χ4n) is 1.45. The van der Waals surface area contributed by atoms with Gasteiger partial charge in [0.25, 0.3) is 5.69 Å². The molecule has 0 bridgehead atoms. The molecule has 0 aromatic heterocycles. The van der Waals surface area contributed by atoms with Crippen molar-refractivity contribution in [3.05, 3.63) is 34.1 Å². The van der Waals surface area contributed by atoms with Crippen molar-refractivity contribution < 1.29 is 14.1 Å². The molecular weight excluding hydrogens is 253 g/mol. The Labute approximate surface area is 110 Å². The molecule has 7 heteroatoms. The van der Waals surface area contributed by atoms with Gasteiger partial charge in [0.1, 0.15) is 11.5 Å². The minimum atomic E-state index is -0.731. The molecule has 0 radical (unpaired) electrons. The molecule has 0 aliphatic rings. The van der Waals surface area contributed by atoms with E-state index >= 15 is 0 Å². The molecule has 1 aromatic rings. The Morgan fingerprint density at radius 3 is 2.74 bits per heavy atom. The first-order chi connectivity index (χ1) is 8.90. The molecule has 0 spiro atoms. The number of nitro groups is 1. The Hall–Kier alpha value is -2.02. The molecule has 0 saturated carbocycles. The van der Waals surface area contributed by atoms with Gasteiger partial charge in [0.05, 0.1) is 11.0 Å².